The first-order chi connectivity index (χ1) is 51.3. The summed E-state index contributed by atoms with van der Waals surface area (Å²) in [7, 11) is 14.0. The summed E-state index contributed by atoms with van der Waals surface area (Å²) in [4.78, 5) is 37.7. The van der Waals surface area contributed by atoms with Crippen molar-refractivity contribution in [2.75, 3.05) is 117 Å². The van der Waals surface area contributed by atoms with Crippen molar-refractivity contribution < 1.29 is 33.5 Å². The van der Waals surface area contributed by atoms with Crippen LogP contribution in [-0.2, 0) is 20.1 Å². The van der Waals surface area contributed by atoms with E-state index >= 15 is 0 Å². The number of rotatable bonds is 25. The van der Waals surface area contributed by atoms with Gasteiger partial charge >= 0.3 is 0 Å². The van der Waals surface area contributed by atoms with Gasteiger partial charge in [-0.3, -0.25) is 29.0 Å². The van der Waals surface area contributed by atoms with Crippen LogP contribution in [0.2, 0.25) is 0 Å². The van der Waals surface area contributed by atoms with Crippen LogP contribution in [0.15, 0.2) is 165 Å². The minimum atomic E-state index is 0.0153. The number of benzene rings is 6. The van der Waals surface area contributed by atoms with Crippen molar-refractivity contribution in [3.05, 3.63) is 165 Å². The Balaban J connectivity index is 0.000000140. The van der Waals surface area contributed by atoms with E-state index in [1.54, 1.807) is 76.7 Å². The number of hydrogen-bond acceptors (Lipinski definition) is 22. The molecule has 15 rings (SSSR count). The number of hydrogen-bond donors (Lipinski definition) is 2. The van der Waals surface area contributed by atoms with Crippen molar-refractivity contribution >= 4 is 67.2 Å². The molecule has 2 aliphatic heterocycles. The van der Waals surface area contributed by atoms with Crippen LogP contribution in [0, 0.1) is 29.1 Å². The molecule has 3 fully saturated rings. The van der Waals surface area contributed by atoms with Gasteiger partial charge in [-0.15, -0.1) is 0 Å². The summed E-state index contributed by atoms with van der Waals surface area (Å²) in [6.07, 6.45) is 24.3. The third kappa shape index (κ3) is 18.0. The largest absolute Gasteiger partial charge is 0.497 e. The average molecular weight is 1420 g/mol. The number of methoxy groups -OCH3 is 6. The van der Waals surface area contributed by atoms with Crippen molar-refractivity contribution in [3.63, 3.8) is 0 Å². The highest BCUT2D eigenvalue weighted by atomic mass is 16.5. The highest BCUT2D eigenvalue weighted by molar-refractivity contribution is 5.86. The number of nitrogens with one attached hydrogen (secondary N) is 1. The van der Waals surface area contributed by atoms with Gasteiger partial charge < -0.3 is 58.4 Å². The van der Waals surface area contributed by atoms with Gasteiger partial charge in [0.15, 0.2) is 0 Å². The molecule has 1 aliphatic carbocycles. The zero-order valence-corrected chi connectivity index (χ0v) is 60.8. The molecule has 25 nitrogen and oxygen atoms in total. The summed E-state index contributed by atoms with van der Waals surface area (Å²) >= 11 is 0. The van der Waals surface area contributed by atoms with Crippen LogP contribution in [0.1, 0.15) is 44.9 Å². The second-order valence-electron chi connectivity index (χ2n) is 26.7. The van der Waals surface area contributed by atoms with Crippen molar-refractivity contribution in [2.45, 2.75) is 58.0 Å². The second kappa shape index (κ2) is 33.8. The van der Waals surface area contributed by atoms with Gasteiger partial charge in [0.1, 0.15) is 34.5 Å². The van der Waals surface area contributed by atoms with E-state index in [0.29, 0.717) is 54.5 Å². The molecule has 8 heterocycles. The third-order valence-electron chi connectivity index (χ3n) is 19.4. The standard InChI is InChI=1S/C30H36N6O2.C26H30N6O2.C24H24N6O3/c1-34-10-8-22(9-11-34)18-35-20-23(16-32-35)30-17-31-28-7-6-24(14-29(28)33-30)36(19-21-4-5-21)25-12-26(37-2)15-27(13-25)38-3;1-31-17-19(14-29-31)26-15-28-24-5-4-20(12-25(24)30-26)32(16-18-6-8-27-9-7-18)21-10-22(33-2)13-23(11-21)34-3;1-32-20-10-19(11-21(13-20)33-2)30(7-3-6-25)18-4-5-22-23(12-18)28-24(15-26-22)17-14-27-29(16-17)8-9-31/h6-7,12-17,20-22H,4-5,8-11,18-19H2,1-3H3;4-5,10-15,17-18,27H,6-9,16H2,1-3H3;4-5,10-16,31H,3,7-9H2,1-2H3. The summed E-state index contributed by atoms with van der Waals surface area (Å²) in [5, 5.41) is 35.0. The van der Waals surface area contributed by atoms with E-state index < -0.39 is 0 Å². The van der Waals surface area contributed by atoms with Crippen LogP contribution in [0.25, 0.3) is 66.9 Å². The van der Waals surface area contributed by atoms with Crippen LogP contribution in [0.3, 0.4) is 0 Å². The van der Waals surface area contributed by atoms with Crippen molar-refractivity contribution in [1.82, 2.24) is 69.5 Å². The Bertz CT molecular complexity index is 4890. The van der Waals surface area contributed by atoms with Crippen molar-refractivity contribution in [2.24, 2.45) is 24.8 Å². The summed E-state index contributed by atoms with van der Waals surface area (Å²) in [6, 6.07) is 38.3. The number of aliphatic hydroxyl groups excluding tert-OH is 1. The van der Waals surface area contributed by atoms with Gasteiger partial charge in [0.2, 0.25) is 0 Å². The SMILES string of the molecule is COc1cc(OC)cc(N(CC2CC2)c2ccc3ncc(-c4cnn(CC5CCN(C)CC5)c4)nc3c2)c1.COc1cc(OC)cc(N(CC2CCNCC2)c2ccc3ncc(-c4cnn(C)c4)nc3c2)c1.COc1cc(OC)cc(N(CCC#N)c2ccc3ncc(-c4cnn(CCO)c4)nc3c2)c1. The average Bonchev–Trinajstić information content (AvgIpc) is 1.71. The molecule has 2 N–H and O–H groups in total. The lowest BCUT2D eigenvalue weighted by molar-refractivity contribution is 0.201. The molecule has 0 bridgehead atoms. The molecule has 25 heteroatoms. The second-order valence-corrected chi connectivity index (χ2v) is 26.7. The van der Waals surface area contributed by atoms with Gasteiger partial charge in [-0.05, 0) is 144 Å². The fourth-order valence-electron chi connectivity index (χ4n) is 13.3. The topological polar surface area (TPSA) is 255 Å². The predicted molar refractivity (Wildman–Crippen MR) is 409 cm³/mol. The van der Waals surface area contributed by atoms with E-state index in [4.69, 9.17) is 53.5 Å². The van der Waals surface area contributed by atoms with E-state index in [9.17, 15) is 5.26 Å². The number of anilines is 6. The van der Waals surface area contributed by atoms with Crippen LogP contribution in [0.4, 0.5) is 34.1 Å². The molecular weight excluding hydrogens is 1320 g/mol. The lowest BCUT2D eigenvalue weighted by atomic mass is 9.97. The lowest BCUT2D eigenvalue weighted by Gasteiger charge is -2.32. The number of aromatic nitrogens is 12. The fourth-order valence-corrected chi connectivity index (χ4v) is 13.3. The zero-order chi connectivity index (χ0) is 72.8. The van der Waals surface area contributed by atoms with Crippen LogP contribution in [0.5, 0.6) is 34.5 Å². The summed E-state index contributed by atoms with van der Waals surface area (Å²) in [6.45, 7) is 8.16. The molecule has 1 saturated carbocycles. The smallest absolute Gasteiger partial charge is 0.124 e. The molecule has 0 unspecified atom stereocenters. The molecule has 2 saturated heterocycles. The number of likely N-dealkylation sites (tertiary alicyclic amines) is 1. The predicted octanol–water partition coefficient (Wildman–Crippen LogP) is 13.1. The number of aliphatic hydroxyl groups is 1. The van der Waals surface area contributed by atoms with E-state index in [-0.39, 0.29) is 6.61 Å². The summed E-state index contributed by atoms with van der Waals surface area (Å²) in [5.74, 6) is 6.37. The van der Waals surface area contributed by atoms with E-state index in [1.165, 1.54) is 25.7 Å². The molecule has 0 spiro atoms. The van der Waals surface area contributed by atoms with Gasteiger partial charge in [0.25, 0.3) is 0 Å². The maximum atomic E-state index is 9.21. The third-order valence-corrected chi connectivity index (χ3v) is 19.4. The number of aryl methyl sites for hydroxylation is 1. The Morgan fingerprint density at radius 3 is 1.26 bits per heavy atom. The molecule has 3 aliphatic rings. The van der Waals surface area contributed by atoms with Gasteiger partial charge in [-0.1, -0.05) is 0 Å². The number of piperidine rings is 2. The lowest BCUT2D eigenvalue weighted by Crippen LogP contribution is -2.34. The van der Waals surface area contributed by atoms with Gasteiger partial charge in [-0.2, -0.15) is 20.6 Å². The van der Waals surface area contributed by atoms with Gasteiger partial charge in [0, 0.05) is 157 Å². The molecule has 0 atom stereocenters. The monoisotopic (exact) mass is 1410 g/mol. The molecule has 6 aromatic heterocycles. The Labute approximate surface area is 611 Å². The van der Waals surface area contributed by atoms with Gasteiger partial charge in [0.05, 0.1) is 156 Å². The zero-order valence-electron chi connectivity index (χ0n) is 60.8. The Morgan fingerprint density at radius 1 is 0.448 bits per heavy atom. The summed E-state index contributed by atoms with van der Waals surface area (Å²) < 4.78 is 38.6. The van der Waals surface area contributed by atoms with Crippen molar-refractivity contribution in [1.29, 1.82) is 5.26 Å². The van der Waals surface area contributed by atoms with E-state index in [2.05, 4.69) is 124 Å². The minimum Gasteiger partial charge on any atom is -0.497 e. The van der Waals surface area contributed by atoms with E-state index in [1.807, 2.05) is 91.5 Å². The van der Waals surface area contributed by atoms with Gasteiger partial charge in [-0.25, -0.2) is 15.0 Å². The summed E-state index contributed by atoms with van der Waals surface area (Å²) in [5.41, 5.74) is 16.0. The quantitative estimate of drug-likeness (QED) is 0.0539. The Hall–Kier alpha value is -11.5. The van der Waals surface area contributed by atoms with Crippen LogP contribution >= 0.6 is 0 Å². The highest BCUT2D eigenvalue weighted by Crippen LogP contribution is 2.41. The highest BCUT2D eigenvalue weighted by Gasteiger charge is 2.28. The minimum absolute atomic E-state index is 0.0153. The normalized spacial score (nSPS) is 14.0. The Kier molecular flexibility index (Phi) is 23.1. The number of ether oxygens (including phenoxy) is 6. The van der Waals surface area contributed by atoms with Crippen molar-refractivity contribution in [3.8, 4) is 74.3 Å². The number of nitrogens with zero attached hydrogens (tertiary/aromatic N) is 17. The number of fused-ring (bicyclic) bond motifs is 3. The molecule has 0 radical (unpaired) electrons. The first-order valence-electron chi connectivity index (χ1n) is 35.6. The first kappa shape index (κ1) is 71.9. The molecule has 0 amide bonds. The molecular formula is C80H90N18O7. The molecule has 6 aromatic carbocycles. The fraction of sp³-hybridized carbons (Fsp3) is 0.350. The number of nitriles is 1. The maximum absolute atomic E-state index is 9.21. The van der Waals surface area contributed by atoms with Crippen LogP contribution < -0.4 is 48.4 Å². The molecule has 105 heavy (non-hydrogen) atoms. The molecule has 542 valence electrons. The van der Waals surface area contributed by atoms with E-state index in [0.717, 1.165) is 177 Å². The van der Waals surface area contributed by atoms with Crippen LogP contribution in [-0.4, -0.2) is 171 Å². The maximum Gasteiger partial charge on any atom is 0.124 e. The molecule has 12 aromatic rings. The Morgan fingerprint density at radius 2 is 0.848 bits per heavy atom. The first-order valence-corrected chi connectivity index (χ1v) is 35.6.